The third-order valence-electron chi connectivity index (χ3n) is 4.87. The fourth-order valence-electron chi connectivity index (χ4n) is 3.39. The Morgan fingerprint density at radius 3 is 2.62 bits per heavy atom. The summed E-state index contributed by atoms with van der Waals surface area (Å²) in [7, 11) is 3.30. The molecule has 1 fully saturated rings. The first kappa shape index (κ1) is 18.3. The van der Waals surface area contributed by atoms with E-state index in [9.17, 15) is 4.79 Å². The lowest BCUT2D eigenvalue weighted by Gasteiger charge is -2.31. The molecule has 6 heteroatoms. The van der Waals surface area contributed by atoms with Crippen molar-refractivity contribution in [1.82, 2.24) is 10.2 Å². The summed E-state index contributed by atoms with van der Waals surface area (Å²) in [5.41, 5.74) is 1.27. The van der Waals surface area contributed by atoms with Crippen LogP contribution in [0, 0.1) is 0 Å². The summed E-state index contributed by atoms with van der Waals surface area (Å²) in [6, 6.07) is 9.81. The van der Waals surface area contributed by atoms with Gasteiger partial charge >= 0.3 is 0 Å². The maximum atomic E-state index is 12.1. The normalized spacial score (nSPS) is 15.6. The second kappa shape index (κ2) is 8.76. The van der Waals surface area contributed by atoms with Gasteiger partial charge in [0.05, 0.1) is 33.6 Å². The molecule has 6 nitrogen and oxygen atoms in total. The van der Waals surface area contributed by atoms with Gasteiger partial charge in [-0.3, -0.25) is 9.69 Å². The Kier molecular flexibility index (Phi) is 6.17. The number of ether oxygens (including phenoxy) is 2. The molecule has 1 aromatic carbocycles. The van der Waals surface area contributed by atoms with E-state index in [1.807, 2.05) is 18.2 Å². The van der Waals surface area contributed by atoms with E-state index in [1.54, 1.807) is 20.5 Å². The lowest BCUT2D eigenvalue weighted by Crippen LogP contribution is -2.40. The molecule has 3 rings (SSSR count). The summed E-state index contributed by atoms with van der Waals surface area (Å²) >= 11 is 0. The van der Waals surface area contributed by atoms with Crippen LogP contribution < -0.4 is 14.8 Å². The van der Waals surface area contributed by atoms with Crippen molar-refractivity contribution in [1.29, 1.82) is 0 Å². The number of carbonyl (C=O) groups is 1. The number of carbonyl (C=O) groups excluding carboxylic acids is 1. The highest BCUT2D eigenvalue weighted by Gasteiger charge is 2.23. The van der Waals surface area contributed by atoms with Crippen LogP contribution in [0.1, 0.15) is 30.1 Å². The van der Waals surface area contributed by atoms with Gasteiger partial charge in [-0.1, -0.05) is 6.07 Å². The quantitative estimate of drug-likeness (QED) is 0.825. The van der Waals surface area contributed by atoms with Crippen molar-refractivity contribution >= 4 is 5.91 Å². The van der Waals surface area contributed by atoms with E-state index < -0.39 is 0 Å². The van der Waals surface area contributed by atoms with E-state index in [4.69, 9.17) is 13.9 Å². The van der Waals surface area contributed by atoms with Crippen molar-refractivity contribution in [3.63, 3.8) is 0 Å². The predicted molar refractivity (Wildman–Crippen MR) is 98.5 cm³/mol. The summed E-state index contributed by atoms with van der Waals surface area (Å²) in [5, 5.41) is 2.90. The Morgan fingerprint density at radius 1 is 1.19 bits per heavy atom. The zero-order valence-electron chi connectivity index (χ0n) is 15.4. The first-order valence-corrected chi connectivity index (χ1v) is 8.93. The van der Waals surface area contributed by atoms with E-state index in [2.05, 4.69) is 22.3 Å². The summed E-state index contributed by atoms with van der Waals surface area (Å²) in [6.07, 6.45) is 3.67. The third kappa shape index (κ3) is 4.58. The van der Waals surface area contributed by atoms with E-state index >= 15 is 0 Å². The summed E-state index contributed by atoms with van der Waals surface area (Å²) in [5.74, 6) is 2.81. The van der Waals surface area contributed by atoms with Crippen LogP contribution in [0.25, 0.3) is 0 Å². The summed E-state index contributed by atoms with van der Waals surface area (Å²) < 4.78 is 15.9. The van der Waals surface area contributed by atoms with Gasteiger partial charge < -0.3 is 19.2 Å². The molecule has 2 heterocycles. The molecule has 1 saturated heterocycles. The number of nitrogens with zero attached hydrogens (tertiary/aromatic N) is 1. The van der Waals surface area contributed by atoms with Crippen molar-refractivity contribution in [3.8, 4) is 11.5 Å². The predicted octanol–water partition coefficient (Wildman–Crippen LogP) is 2.79. The van der Waals surface area contributed by atoms with Gasteiger partial charge in [-0.15, -0.1) is 0 Å². The molecule has 1 aliphatic heterocycles. The highest BCUT2D eigenvalue weighted by Crippen LogP contribution is 2.34. The topological polar surface area (TPSA) is 63.9 Å². The van der Waals surface area contributed by atoms with Crippen LogP contribution in [0.2, 0.25) is 0 Å². The molecule has 0 atom stereocenters. The molecule has 0 spiro atoms. The van der Waals surface area contributed by atoms with Crippen LogP contribution in [0.3, 0.4) is 0 Å². The monoisotopic (exact) mass is 358 g/mol. The Labute approximate surface area is 154 Å². The standard InChI is InChI=1S/C20H26N2O4/c1-24-18-6-5-16(12-19(18)25-2)15-7-9-22(10-8-15)14-20(23)21-13-17-4-3-11-26-17/h3-6,11-12,15H,7-10,13-14H2,1-2H3,(H,21,23). The minimum Gasteiger partial charge on any atom is -0.493 e. The largest absolute Gasteiger partial charge is 0.493 e. The molecule has 0 radical (unpaired) electrons. The highest BCUT2D eigenvalue weighted by molar-refractivity contribution is 5.77. The molecule has 1 amide bonds. The number of furan rings is 1. The maximum absolute atomic E-state index is 12.1. The molecule has 0 aliphatic carbocycles. The number of amides is 1. The van der Waals surface area contributed by atoms with Gasteiger partial charge in [0.2, 0.25) is 5.91 Å². The Morgan fingerprint density at radius 2 is 1.96 bits per heavy atom. The fourth-order valence-corrected chi connectivity index (χ4v) is 3.39. The molecule has 1 N–H and O–H groups in total. The molecule has 0 saturated carbocycles. The SMILES string of the molecule is COc1ccc(C2CCN(CC(=O)NCc3ccco3)CC2)cc1OC. The van der Waals surface area contributed by atoms with Crippen LogP contribution in [-0.2, 0) is 11.3 Å². The Bertz CT molecular complexity index is 707. The first-order valence-electron chi connectivity index (χ1n) is 8.93. The lowest BCUT2D eigenvalue weighted by molar-refractivity contribution is -0.122. The first-order chi connectivity index (χ1) is 12.7. The second-order valence-corrected chi connectivity index (χ2v) is 6.52. The van der Waals surface area contributed by atoms with E-state index in [-0.39, 0.29) is 5.91 Å². The number of benzene rings is 1. The van der Waals surface area contributed by atoms with E-state index in [1.165, 1.54) is 5.56 Å². The number of piperidine rings is 1. The molecule has 140 valence electrons. The maximum Gasteiger partial charge on any atom is 0.234 e. The third-order valence-corrected chi connectivity index (χ3v) is 4.87. The van der Waals surface area contributed by atoms with Gasteiger partial charge in [-0.2, -0.15) is 0 Å². The Hall–Kier alpha value is -2.47. The van der Waals surface area contributed by atoms with E-state index in [0.29, 0.717) is 19.0 Å². The average Bonchev–Trinajstić information content (AvgIpc) is 3.20. The van der Waals surface area contributed by atoms with Crippen molar-refractivity contribution in [3.05, 3.63) is 47.9 Å². The number of likely N-dealkylation sites (tertiary alicyclic amines) is 1. The zero-order valence-corrected chi connectivity index (χ0v) is 15.4. The minimum atomic E-state index is 0.0333. The van der Waals surface area contributed by atoms with Gasteiger partial charge in [0.1, 0.15) is 5.76 Å². The molecule has 1 aliphatic rings. The fraction of sp³-hybridized carbons (Fsp3) is 0.450. The van der Waals surface area contributed by atoms with Crippen molar-refractivity contribution in [2.75, 3.05) is 33.9 Å². The molecule has 26 heavy (non-hydrogen) atoms. The number of hydrogen-bond donors (Lipinski definition) is 1. The molecule has 2 aromatic rings. The summed E-state index contributed by atoms with van der Waals surface area (Å²) in [6.45, 7) is 2.69. The van der Waals surface area contributed by atoms with Crippen LogP contribution in [0.4, 0.5) is 0 Å². The second-order valence-electron chi connectivity index (χ2n) is 6.52. The van der Waals surface area contributed by atoms with Crippen LogP contribution >= 0.6 is 0 Å². The number of hydrogen-bond acceptors (Lipinski definition) is 5. The van der Waals surface area contributed by atoms with Gasteiger partial charge in [-0.05, 0) is 61.7 Å². The van der Waals surface area contributed by atoms with Gasteiger partial charge in [0, 0.05) is 0 Å². The van der Waals surface area contributed by atoms with Crippen LogP contribution in [0.5, 0.6) is 11.5 Å². The smallest absolute Gasteiger partial charge is 0.234 e. The molecule has 0 bridgehead atoms. The van der Waals surface area contributed by atoms with Gasteiger partial charge in [0.25, 0.3) is 0 Å². The molecular weight excluding hydrogens is 332 g/mol. The zero-order chi connectivity index (χ0) is 18.4. The van der Waals surface area contributed by atoms with Crippen LogP contribution in [-0.4, -0.2) is 44.7 Å². The van der Waals surface area contributed by atoms with Crippen molar-refractivity contribution < 1.29 is 18.7 Å². The number of rotatable bonds is 7. The van der Waals surface area contributed by atoms with Gasteiger partial charge in [-0.25, -0.2) is 0 Å². The van der Waals surface area contributed by atoms with Crippen molar-refractivity contribution in [2.24, 2.45) is 0 Å². The number of methoxy groups -OCH3 is 2. The van der Waals surface area contributed by atoms with Crippen LogP contribution in [0.15, 0.2) is 41.0 Å². The molecule has 1 aromatic heterocycles. The Balaban J connectivity index is 1.47. The molecule has 0 unspecified atom stereocenters. The van der Waals surface area contributed by atoms with E-state index in [0.717, 1.165) is 43.2 Å². The van der Waals surface area contributed by atoms with Gasteiger partial charge in [0.15, 0.2) is 11.5 Å². The van der Waals surface area contributed by atoms with Crippen molar-refractivity contribution in [2.45, 2.75) is 25.3 Å². The molecular formula is C20H26N2O4. The minimum absolute atomic E-state index is 0.0333. The summed E-state index contributed by atoms with van der Waals surface area (Å²) in [4.78, 5) is 14.3. The average molecular weight is 358 g/mol. The highest BCUT2D eigenvalue weighted by atomic mass is 16.5. The number of nitrogens with one attached hydrogen (secondary N) is 1. The lowest BCUT2D eigenvalue weighted by atomic mass is 9.89.